The van der Waals surface area contributed by atoms with Gasteiger partial charge in [0.05, 0.1) is 25.4 Å². The lowest BCUT2D eigenvalue weighted by atomic mass is 9.44. The van der Waals surface area contributed by atoms with Crippen molar-refractivity contribution in [2.24, 2.45) is 52.3 Å². The number of hydrogen-bond acceptors (Lipinski definition) is 18. The highest BCUT2D eigenvalue weighted by atomic mass is 32.2. The number of hydrogen-bond donors (Lipinski definition) is 7. The summed E-state index contributed by atoms with van der Waals surface area (Å²) < 4.78 is 54.0. The lowest BCUT2D eigenvalue weighted by Crippen LogP contribution is -2.65. The summed E-state index contributed by atoms with van der Waals surface area (Å²) in [6, 6.07) is 17.9. The maximum absolute atomic E-state index is 14.7. The van der Waals surface area contributed by atoms with Crippen LogP contribution in [0.5, 0.6) is 0 Å². The van der Waals surface area contributed by atoms with Gasteiger partial charge in [0.15, 0.2) is 24.5 Å². The Morgan fingerprint density at radius 2 is 1.40 bits per heavy atom. The summed E-state index contributed by atoms with van der Waals surface area (Å²) >= 11 is 1.94. The fraction of sp³-hybridized carbons (Fsp3) is 0.717. The molecule has 0 bridgehead atoms. The molecular formula is C53H72N2O16S2. The first-order valence-electron chi connectivity index (χ1n) is 26.1. The predicted octanol–water partition coefficient (Wildman–Crippen LogP) is 5.50. The van der Waals surface area contributed by atoms with E-state index in [0.717, 1.165) is 67.3 Å². The van der Waals surface area contributed by atoms with Crippen LogP contribution in [0, 0.1) is 52.3 Å². The number of Topliss-reactive ketones (excluding diaryl/α,β-unsaturated/α-hetero) is 1. The zero-order valence-electron chi connectivity index (χ0n) is 41.8. The molecule has 10 rings (SSSR count). The van der Waals surface area contributed by atoms with E-state index in [-0.39, 0.29) is 52.6 Å². The molecule has 0 aromatic heterocycles. The van der Waals surface area contributed by atoms with Crippen molar-refractivity contribution in [3.8, 4) is 0 Å². The van der Waals surface area contributed by atoms with Crippen molar-refractivity contribution in [3.63, 3.8) is 0 Å². The van der Waals surface area contributed by atoms with Gasteiger partial charge in [-0.15, -0.1) is 0 Å². The summed E-state index contributed by atoms with van der Waals surface area (Å²) in [6.07, 6.45) is -11.0. The smallest absolute Gasteiger partial charge is 0.417 e. The second kappa shape index (κ2) is 21.7. The summed E-state index contributed by atoms with van der Waals surface area (Å²) in [6.45, 7) is 8.58. The van der Waals surface area contributed by atoms with E-state index < -0.39 is 92.6 Å². The molecule has 3 unspecified atom stereocenters. The molecule has 73 heavy (non-hydrogen) atoms. The van der Waals surface area contributed by atoms with Crippen molar-refractivity contribution in [3.05, 3.63) is 60.7 Å². The summed E-state index contributed by atoms with van der Waals surface area (Å²) in [5.74, 6) is 1.61. The van der Waals surface area contributed by atoms with Gasteiger partial charge >= 0.3 is 12.2 Å². The van der Waals surface area contributed by atoms with Gasteiger partial charge in [-0.25, -0.2) is 9.59 Å². The largest absolute Gasteiger partial charge is 0.446 e. The van der Waals surface area contributed by atoms with Crippen LogP contribution < -0.4 is 9.44 Å². The van der Waals surface area contributed by atoms with E-state index in [1.807, 2.05) is 12.1 Å². The molecule has 2 aromatic carbocycles. The van der Waals surface area contributed by atoms with E-state index in [4.69, 9.17) is 37.9 Å². The van der Waals surface area contributed by atoms with E-state index in [1.54, 1.807) is 48.5 Å². The van der Waals surface area contributed by atoms with Crippen molar-refractivity contribution >= 4 is 41.9 Å². The van der Waals surface area contributed by atoms with Crippen LogP contribution in [0.25, 0.3) is 0 Å². The van der Waals surface area contributed by atoms with Gasteiger partial charge in [-0.2, -0.15) is 0 Å². The van der Waals surface area contributed by atoms with Gasteiger partial charge in [-0.1, -0.05) is 64.1 Å². The van der Waals surface area contributed by atoms with Crippen LogP contribution in [0.1, 0.15) is 85.5 Å². The summed E-state index contributed by atoms with van der Waals surface area (Å²) in [4.78, 5) is 41.9. The molecule has 4 aliphatic carbocycles. The maximum atomic E-state index is 14.7. The van der Waals surface area contributed by atoms with E-state index in [1.165, 1.54) is 0 Å². The number of carbonyl (C=O) groups is 3. The van der Waals surface area contributed by atoms with E-state index in [0.29, 0.717) is 48.4 Å². The number of ether oxygens (including phenoxy) is 8. The van der Waals surface area contributed by atoms with Crippen molar-refractivity contribution in [2.45, 2.75) is 175 Å². The molecule has 18 nitrogen and oxygen atoms in total. The molecule has 8 aliphatic rings. The van der Waals surface area contributed by atoms with Gasteiger partial charge in [0, 0.05) is 34.5 Å². The molecule has 20 heteroatoms. The molecule has 4 aliphatic heterocycles. The first kappa shape index (κ1) is 53.3. The van der Waals surface area contributed by atoms with Gasteiger partial charge in [0.25, 0.3) is 0 Å². The van der Waals surface area contributed by atoms with Crippen molar-refractivity contribution in [1.29, 1.82) is 0 Å². The number of amides is 2. The number of nitrogens with one attached hydrogen (secondary N) is 2. The first-order chi connectivity index (χ1) is 35.0. The fourth-order valence-corrected chi connectivity index (χ4v) is 15.8. The first-order valence-corrected chi connectivity index (χ1v) is 27.8. The molecule has 402 valence electrons. The zero-order chi connectivity index (χ0) is 51.4. The number of benzene rings is 2. The van der Waals surface area contributed by atoms with Crippen LogP contribution in [-0.4, -0.2) is 143 Å². The molecule has 4 saturated carbocycles. The highest BCUT2D eigenvalue weighted by Gasteiger charge is 2.71. The van der Waals surface area contributed by atoms with Crippen LogP contribution >= 0.6 is 23.9 Å². The van der Waals surface area contributed by atoms with Gasteiger partial charge in [-0.05, 0) is 134 Å². The zero-order valence-corrected chi connectivity index (χ0v) is 43.4. The second-order valence-corrected chi connectivity index (χ2v) is 24.3. The summed E-state index contributed by atoms with van der Waals surface area (Å²) in [5, 5.41) is 56.6. The van der Waals surface area contributed by atoms with Crippen molar-refractivity contribution in [2.75, 3.05) is 19.8 Å². The Morgan fingerprint density at radius 3 is 2.05 bits per heavy atom. The number of aliphatic hydroxyl groups excluding tert-OH is 5. The molecule has 22 atom stereocenters. The minimum absolute atomic E-state index is 0.0642. The molecule has 8 fully saturated rings. The van der Waals surface area contributed by atoms with Crippen LogP contribution in [0.4, 0.5) is 9.59 Å². The van der Waals surface area contributed by atoms with E-state index in [2.05, 4.69) is 37.1 Å². The maximum Gasteiger partial charge on any atom is 0.417 e. The van der Waals surface area contributed by atoms with Crippen LogP contribution in [0.3, 0.4) is 0 Å². The molecule has 0 radical (unpaired) electrons. The average molecular weight is 1060 g/mol. The molecule has 2 amide bonds. The summed E-state index contributed by atoms with van der Waals surface area (Å²) in [7, 11) is 0. The van der Waals surface area contributed by atoms with Crippen molar-refractivity contribution < 1.29 is 77.8 Å². The number of rotatable bonds is 12. The third-order valence-electron chi connectivity index (χ3n) is 18.3. The Bertz CT molecular complexity index is 2250. The quantitative estimate of drug-likeness (QED) is 0.102. The third-order valence-corrected chi connectivity index (χ3v) is 19.8. The Labute approximate surface area is 434 Å². The van der Waals surface area contributed by atoms with Gasteiger partial charge in [0.1, 0.15) is 55.1 Å². The highest BCUT2D eigenvalue weighted by Crippen LogP contribution is 2.70. The Kier molecular flexibility index (Phi) is 15.9. The van der Waals surface area contributed by atoms with Crippen LogP contribution in [0.2, 0.25) is 0 Å². The predicted molar refractivity (Wildman–Crippen MR) is 263 cm³/mol. The molecule has 4 saturated heterocycles. The van der Waals surface area contributed by atoms with Gasteiger partial charge < -0.3 is 63.4 Å². The molecular weight excluding hydrogens is 985 g/mol. The Morgan fingerprint density at radius 1 is 0.753 bits per heavy atom. The lowest BCUT2D eigenvalue weighted by molar-refractivity contribution is -0.363. The van der Waals surface area contributed by atoms with E-state index in [9.17, 15) is 39.9 Å². The molecule has 4 heterocycles. The standard InChI is InChI=1S/C53H72N2O16S2/c1-27-17-20-53(65-25-27)28(2)39-36(71-53)22-34-33-16-15-29-21-30(18-19-51(29,3)40(33)35(57)23-52(34,39)4)66-47-43(60)41(58)45(37(24-56)67-47)69-48-44(61)42(59)46(70-50(63)55-73-32-13-9-6-10-14-32)38(68-48)26-64-49(62)54-72-31-11-7-5-8-12-31/h5-14,27-30,33-34,36-48,56,58-61H,15-26H2,1-4H3,(H,54,62)(H,55,63)/t27-,28?,29+,30+,33+,34+,36?,37-,38-,39?,40-,41-,42-,43-,44-,45-,46-,47-,48+,51+,52+,53-/m1/s1. The Hall–Kier alpha value is -3.09. The number of ketones is 1. The Balaban J connectivity index is 0.762. The minimum atomic E-state index is -1.91. The molecule has 1 spiro atoms. The topological polar surface area (TPSA) is 250 Å². The number of carbonyl (C=O) groups excluding carboxylic acids is 3. The lowest BCUT2D eigenvalue weighted by Gasteiger charge is -2.60. The summed E-state index contributed by atoms with van der Waals surface area (Å²) in [5.41, 5.74) is -0.377. The minimum Gasteiger partial charge on any atom is -0.446 e. The highest BCUT2D eigenvalue weighted by molar-refractivity contribution is 7.98. The molecule has 7 N–H and O–H groups in total. The molecule has 2 aromatic rings. The SMILES string of the molecule is CC1C2C(C[C@H]3[C@@H]4CC[C@H]5C[C@@H](O[C@@H]6O[C@H](CO)[C@@H](O[C@@H]7O[C@H](COC(=O)NSc8ccccc8)[C@@H](OC(=O)NSc8ccccc8)[C@H](O)[C@H]7O)[C@H](O)[C@H]6O)CC[C@]5(C)[C@H]4C(=O)C[C@]23C)O[C@]12CC[C@@H](C)CO2. The number of aliphatic hydroxyl groups is 5. The van der Waals surface area contributed by atoms with E-state index >= 15 is 0 Å². The van der Waals surface area contributed by atoms with Gasteiger partial charge in [-0.3, -0.25) is 14.2 Å². The monoisotopic (exact) mass is 1060 g/mol. The number of fused-ring (bicyclic) bond motifs is 7. The average Bonchev–Trinajstić information content (AvgIpc) is 3.83. The van der Waals surface area contributed by atoms with Crippen molar-refractivity contribution in [1.82, 2.24) is 9.44 Å². The van der Waals surface area contributed by atoms with Gasteiger partial charge in [0.2, 0.25) is 0 Å². The second-order valence-electron chi connectivity index (χ2n) is 22.5. The third kappa shape index (κ3) is 10.3. The van der Waals surface area contributed by atoms with Crippen LogP contribution in [-0.2, 0) is 42.7 Å². The normalized spacial score (nSPS) is 45.1. The van der Waals surface area contributed by atoms with Crippen LogP contribution in [0.15, 0.2) is 70.5 Å². The fourth-order valence-electron chi connectivity index (χ4n) is 14.7.